The van der Waals surface area contributed by atoms with Gasteiger partial charge in [0.2, 0.25) is 5.91 Å². The molecule has 2 aliphatic rings. The minimum absolute atomic E-state index is 0.0181. The predicted molar refractivity (Wildman–Crippen MR) is 152 cm³/mol. The van der Waals surface area contributed by atoms with Crippen molar-refractivity contribution in [1.82, 2.24) is 5.32 Å². The molecule has 0 aromatic heterocycles. The number of nitrogens with one attached hydrogen (secondary N) is 1. The van der Waals surface area contributed by atoms with Gasteiger partial charge in [-0.05, 0) is 85.8 Å². The van der Waals surface area contributed by atoms with Gasteiger partial charge in [0.25, 0.3) is 5.91 Å². The van der Waals surface area contributed by atoms with E-state index in [0.29, 0.717) is 24.2 Å². The molecule has 2 heterocycles. The van der Waals surface area contributed by atoms with E-state index >= 15 is 4.39 Å². The molecule has 7 heteroatoms. The molecule has 1 N–H and O–H groups in total. The van der Waals surface area contributed by atoms with Crippen LogP contribution in [-0.4, -0.2) is 50.6 Å². The summed E-state index contributed by atoms with van der Waals surface area (Å²) in [7, 11) is 1.76. The van der Waals surface area contributed by atoms with E-state index in [9.17, 15) is 9.59 Å². The Labute approximate surface area is 224 Å². The molecule has 6 nitrogen and oxygen atoms in total. The molecule has 198 valence electrons. The zero-order chi connectivity index (χ0) is 27.1. The quantitative estimate of drug-likeness (QED) is 0.522. The van der Waals surface area contributed by atoms with Crippen LogP contribution in [0.2, 0.25) is 0 Å². The fourth-order valence-electron chi connectivity index (χ4n) is 5.68. The number of carbonyl (C=O) groups excluding carboxylic acids is 2. The molecular weight excluding hydrogens is 479 g/mol. The number of piperazine rings is 1. The van der Waals surface area contributed by atoms with E-state index in [-0.39, 0.29) is 29.7 Å². The molecule has 2 atom stereocenters. The van der Waals surface area contributed by atoms with Crippen molar-refractivity contribution in [2.45, 2.75) is 46.2 Å². The van der Waals surface area contributed by atoms with Gasteiger partial charge in [0.15, 0.2) is 0 Å². The van der Waals surface area contributed by atoms with Crippen molar-refractivity contribution in [3.05, 3.63) is 77.1 Å². The number of aryl methyl sites for hydroxylation is 1. The van der Waals surface area contributed by atoms with Gasteiger partial charge in [-0.3, -0.25) is 9.59 Å². The zero-order valence-electron chi connectivity index (χ0n) is 22.7. The van der Waals surface area contributed by atoms with Gasteiger partial charge in [0.1, 0.15) is 5.82 Å². The lowest BCUT2D eigenvalue weighted by atomic mass is 9.98. The Hall–Kier alpha value is -3.71. The van der Waals surface area contributed by atoms with Crippen molar-refractivity contribution in [2.75, 3.05) is 41.4 Å². The van der Waals surface area contributed by atoms with Gasteiger partial charge in [-0.1, -0.05) is 18.2 Å². The topological polar surface area (TPSA) is 55.9 Å². The number of carbonyl (C=O) groups is 2. The van der Waals surface area contributed by atoms with E-state index in [1.807, 2.05) is 55.5 Å². The number of hydrogen-bond donors (Lipinski definition) is 1. The molecule has 0 aliphatic carbocycles. The molecular formula is C31H35FN4O2. The Morgan fingerprint density at radius 3 is 2.29 bits per heavy atom. The van der Waals surface area contributed by atoms with E-state index in [1.165, 1.54) is 0 Å². The molecule has 2 amide bonds. The number of hydrogen-bond acceptors (Lipinski definition) is 4. The Morgan fingerprint density at radius 2 is 1.66 bits per heavy atom. The summed E-state index contributed by atoms with van der Waals surface area (Å²) in [4.78, 5) is 30.7. The molecule has 0 saturated carbocycles. The van der Waals surface area contributed by atoms with Gasteiger partial charge in [0, 0.05) is 62.6 Å². The van der Waals surface area contributed by atoms with Gasteiger partial charge in [0.05, 0.1) is 5.69 Å². The lowest BCUT2D eigenvalue weighted by Crippen LogP contribution is -2.54. The average Bonchev–Trinajstić information content (AvgIpc) is 3.29. The normalized spacial score (nSPS) is 18.9. The van der Waals surface area contributed by atoms with Crippen molar-refractivity contribution < 1.29 is 14.0 Å². The number of benzene rings is 3. The third kappa shape index (κ3) is 4.90. The van der Waals surface area contributed by atoms with E-state index in [0.717, 1.165) is 46.7 Å². The van der Waals surface area contributed by atoms with Crippen molar-refractivity contribution in [3.63, 3.8) is 0 Å². The summed E-state index contributed by atoms with van der Waals surface area (Å²) >= 11 is 0. The largest absolute Gasteiger partial charge is 0.366 e. The third-order valence-corrected chi connectivity index (χ3v) is 7.70. The summed E-state index contributed by atoms with van der Waals surface area (Å²) in [5, 5.41) is 3.49. The fraction of sp³-hybridized carbons (Fsp3) is 0.355. The first-order valence-electron chi connectivity index (χ1n) is 13.2. The van der Waals surface area contributed by atoms with Crippen molar-refractivity contribution >= 4 is 28.9 Å². The van der Waals surface area contributed by atoms with E-state index < -0.39 is 0 Å². The number of amides is 2. The average molecular weight is 515 g/mol. The van der Waals surface area contributed by atoms with Crippen LogP contribution in [0, 0.1) is 12.7 Å². The highest BCUT2D eigenvalue weighted by Crippen LogP contribution is 2.36. The van der Waals surface area contributed by atoms with Crippen LogP contribution >= 0.6 is 0 Å². The van der Waals surface area contributed by atoms with Crippen LogP contribution in [0.1, 0.15) is 42.3 Å². The lowest BCUT2D eigenvalue weighted by Gasteiger charge is -2.38. The lowest BCUT2D eigenvalue weighted by molar-refractivity contribution is -0.116. The van der Waals surface area contributed by atoms with Crippen molar-refractivity contribution in [3.8, 4) is 11.1 Å². The highest BCUT2D eigenvalue weighted by atomic mass is 19.1. The molecule has 3 aromatic carbocycles. The summed E-state index contributed by atoms with van der Waals surface area (Å²) in [5.41, 5.74) is 6.79. The van der Waals surface area contributed by atoms with Gasteiger partial charge in [-0.2, -0.15) is 0 Å². The second-order valence-electron chi connectivity index (χ2n) is 10.7. The van der Waals surface area contributed by atoms with Crippen LogP contribution in [0.5, 0.6) is 0 Å². The molecule has 1 saturated heterocycles. The van der Waals surface area contributed by atoms with E-state index in [4.69, 9.17) is 0 Å². The van der Waals surface area contributed by atoms with Crippen LogP contribution in [0.15, 0.2) is 54.6 Å². The maximum Gasteiger partial charge on any atom is 0.258 e. The first kappa shape index (κ1) is 25.9. The third-order valence-electron chi connectivity index (χ3n) is 7.70. The second-order valence-corrected chi connectivity index (χ2v) is 10.7. The van der Waals surface area contributed by atoms with Crippen LogP contribution in [-0.2, 0) is 11.2 Å². The first-order valence-corrected chi connectivity index (χ1v) is 13.2. The summed E-state index contributed by atoms with van der Waals surface area (Å²) in [6, 6.07) is 17.5. The molecule has 0 unspecified atom stereocenters. The molecule has 5 rings (SSSR count). The maximum absolute atomic E-state index is 15.1. The molecule has 2 aliphatic heterocycles. The molecule has 38 heavy (non-hydrogen) atoms. The van der Waals surface area contributed by atoms with Gasteiger partial charge in [-0.25, -0.2) is 4.39 Å². The number of halogens is 1. The van der Waals surface area contributed by atoms with Gasteiger partial charge in [-0.15, -0.1) is 0 Å². The summed E-state index contributed by atoms with van der Waals surface area (Å²) in [5.74, 6) is -0.319. The molecule has 0 radical (unpaired) electrons. The zero-order valence-corrected chi connectivity index (χ0v) is 22.7. The summed E-state index contributed by atoms with van der Waals surface area (Å²) in [6.07, 6.45) is 0.644. The first-order chi connectivity index (χ1) is 18.1. The molecule has 0 bridgehead atoms. The minimum atomic E-state index is -0.223. The molecule has 1 fully saturated rings. The minimum Gasteiger partial charge on any atom is -0.366 e. The number of rotatable bonds is 4. The predicted octanol–water partition coefficient (Wildman–Crippen LogP) is 5.17. The monoisotopic (exact) mass is 514 g/mol. The highest BCUT2D eigenvalue weighted by molar-refractivity contribution is 6.07. The molecule has 0 spiro atoms. The van der Waals surface area contributed by atoms with E-state index in [2.05, 4.69) is 24.1 Å². The maximum atomic E-state index is 15.1. The Bertz CT molecular complexity index is 1380. The fourth-order valence-corrected chi connectivity index (χ4v) is 5.68. The van der Waals surface area contributed by atoms with Crippen LogP contribution in [0.3, 0.4) is 0 Å². The van der Waals surface area contributed by atoms with Crippen LogP contribution in [0.4, 0.5) is 21.5 Å². The molecule has 3 aromatic rings. The standard InChI is InChI=1S/C31H35FN4O2/c1-19-14-26(34(5)22(4)37)10-11-27(19)23-6-8-24(9-7-23)31(38)36-13-12-25-15-28(32)30(16-29(25)36)35-17-20(2)33-21(3)18-35/h6-11,14-16,20-21,33H,12-13,17-18H2,1-5H3/t20-,21+. The number of fused-ring (bicyclic) bond motifs is 1. The SMILES string of the molecule is CC(=O)N(C)c1ccc(-c2ccc(C(=O)N3CCc4cc(F)c(N5C[C@@H](C)N[C@@H](C)C5)cc43)cc2)c(C)c1. The Kier molecular flexibility index (Phi) is 6.97. The Morgan fingerprint density at radius 1 is 0.974 bits per heavy atom. The van der Waals surface area contributed by atoms with Crippen LogP contribution in [0.25, 0.3) is 11.1 Å². The smallest absolute Gasteiger partial charge is 0.258 e. The summed E-state index contributed by atoms with van der Waals surface area (Å²) in [6.45, 7) is 9.76. The van der Waals surface area contributed by atoms with Crippen molar-refractivity contribution in [1.29, 1.82) is 0 Å². The Balaban J connectivity index is 1.38. The number of nitrogens with zero attached hydrogens (tertiary/aromatic N) is 3. The van der Waals surface area contributed by atoms with Crippen LogP contribution < -0.4 is 20.0 Å². The van der Waals surface area contributed by atoms with Gasteiger partial charge >= 0.3 is 0 Å². The van der Waals surface area contributed by atoms with Crippen molar-refractivity contribution in [2.24, 2.45) is 0 Å². The van der Waals surface area contributed by atoms with Gasteiger partial charge < -0.3 is 20.0 Å². The second kappa shape index (κ2) is 10.2. The van der Waals surface area contributed by atoms with E-state index in [1.54, 1.807) is 29.8 Å². The highest BCUT2D eigenvalue weighted by Gasteiger charge is 2.30. The summed E-state index contributed by atoms with van der Waals surface area (Å²) < 4.78 is 15.1. The number of anilines is 3.